The largest absolute Gasteiger partial charge is 0.472 e. The summed E-state index contributed by atoms with van der Waals surface area (Å²) in [6, 6.07) is 0. The van der Waals surface area contributed by atoms with E-state index < -0.39 is 97.5 Å². The highest BCUT2D eigenvalue weighted by molar-refractivity contribution is 7.47. The van der Waals surface area contributed by atoms with Gasteiger partial charge in [0.05, 0.1) is 26.4 Å². The molecule has 0 saturated carbocycles. The molecule has 19 heteroatoms. The van der Waals surface area contributed by atoms with Gasteiger partial charge in [-0.05, 0) is 25.7 Å². The van der Waals surface area contributed by atoms with Crippen LogP contribution in [-0.4, -0.2) is 96.7 Å². The van der Waals surface area contributed by atoms with Crippen molar-refractivity contribution in [1.29, 1.82) is 0 Å². The second-order valence-electron chi connectivity index (χ2n) is 24.2. The van der Waals surface area contributed by atoms with E-state index in [2.05, 4.69) is 27.7 Å². The maximum atomic E-state index is 13.0. The fourth-order valence-electron chi connectivity index (χ4n) is 10.2. The molecule has 0 saturated heterocycles. The molecule has 0 aromatic carbocycles. The van der Waals surface area contributed by atoms with Crippen LogP contribution in [0.3, 0.4) is 0 Å². The number of phosphoric acid groups is 2. The lowest BCUT2D eigenvalue weighted by Crippen LogP contribution is -2.30. The molecule has 0 aliphatic heterocycles. The molecule has 5 atom stereocenters. The van der Waals surface area contributed by atoms with Gasteiger partial charge < -0.3 is 33.8 Å². The molecular weight excluding hydrogens is 1140 g/mol. The minimum Gasteiger partial charge on any atom is -0.462 e. The fraction of sp³-hybridized carbons (Fsp3) is 0.940. The van der Waals surface area contributed by atoms with Crippen LogP contribution in [0.4, 0.5) is 0 Å². The fourth-order valence-corrected chi connectivity index (χ4v) is 11.7. The van der Waals surface area contributed by atoms with Gasteiger partial charge in [-0.15, -0.1) is 0 Å². The molecule has 510 valence electrons. The molecule has 3 N–H and O–H groups in total. The molecule has 0 aliphatic rings. The Kier molecular flexibility index (Phi) is 60.5. The lowest BCUT2D eigenvalue weighted by atomic mass is 10.0. The van der Waals surface area contributed by atoms with E-state index >= 15 is 0 Å². The van der Waals surface area contributed by atoms with Crippen LogP contribution in [0.1, 0.15) is 349 Å². The molecule has 0 aliphatic carbocycles. The number of hydrogen-bond donors (Lipinski definition) is 3. The van der Waals surface area contributed by atoms with Crippen LogP contribution in [0.15, 0.2) is 0 Å². The lowest BCUT2D eigenvalue weighted by molar-refractivity contribution is -0.161. The molecule has 0 bridgehead atoms. The van der Waals surface area contributed by atoms with E-state index in [-0.39, 0.29) is 25.7 Å². The summed E-state index contributed by atoms with van der Waals surface area (Å²) in [6.07, 6.45) is 48.6. The third-order valence-electron chi connectivity index (χ3n) is 15.6. The summed E-state index contributed by atoms with van der Waals surface area (Å²) < 4.78 is 68.0. The number of carbonyl (C=O) groups is 4. The molecule has 17 nitrogen and oxygen atoms in total. The van der Waals surface area contributed by atoms with Crippen molar-refractivity contribution in [2.75, 3.05) is 39.6 Å². The standard InChI is InChI=1S/C67H130O17P2/c1-5-9-13-17-21-24-26-28-30-32-34-37-40-44-48-52-65(70)78-58-63(84-67(72)54-50-46-42-38-35-33-31-29-27-25-22-18-14-10-6-2)60-82-86(75,76)80-56-61(68)55-79-85(73,74)81-59-62(57-77-64(69)51-47-43-39-20-16-12-8-4)83-66(71)53-49-45-41-36-23-19-15-11-7-3/h61-63,68H,5-60H2,1-4H3,(H,73,74)(H,75,76)/t61-,62+,63+/m0/s1. The molecule has 0 rings (SSSR count). The highest BCUT2D eigenvalue weighted by Crippen LogP contribution is 2.45. The van der Waals surface area contributed by atoms with Crippen molar-refractivity contribution >= 4 is 39.5 Å². The Balaban J connectivity index is 5.19. The third kappa shape index (κ3) is 60.9. The van der Waals surface area contributed by atoms with E-state index in [9.17, 15) is 43.2 Å². The van der Waals surface area contributed by atoms with Gasteiger partial charge in [-0.3, -0.25) is 37.3 Å². The zero-order valence-electron chi connectivity index (χ0n) is 55.3. The van der Waals surface area contributed by atoms with Crippen molar-refractivity contribution in [3.63, 3.8) is 0 Å². The number of ether oxygens (including phenoxy) is 4. The number of hydrogen-bond acceptors (Lipinski definition) is 15. The maximum absolute atomic E-state index is 13.0. The van der Waals surface area contributed by atoms with Gasteiger partial charge in [0, 0.05) is 25.7 Å². The smallest absolute Gasteiger partial charge is 0.462 e. The van der Waals surface area contributed by atoms with Crippen LogP contribution in [0.5, 0.6) is 0 Å². The second-order valence-corrected chi connectivity index (χ2v) is 27.1. The van der Waals surface area contributed by atoms with Crippen LogP contribution in [-0.2, 0) is 65.4 Å². The third-order valence-corrected chi connectivity index (χ3v) is 17.5. The van der Waals surface area contributed by atoms with Gasteiger partial charge in [-0.25, -0.2) is 9.13 Å². The predicted molar refractivity (Wildman–Crippen MR) is 345 cm³/mol. The minimum atomic E-state index is -4.95. The summed E-state index contributed by atoms with van der Waals surface area (Å²) >= 11 is 0. The van der Waals surface area contributed by atoms with E-state index in [1.54, 1.807) is 0 Å². The Morgan fingerprint density at radius 1 is 0.279 bits per heavy atom. The van der Waals surface area contributed by atoms with Gasteiger partial charge >= 0.3 is 39.5 Å². The van der Waals surface area contributed by atoms with E-state index in [0.717, 1.165) is 103 Å². The quantitative estimate of drug-likeness (QED) is 0.0222. The van der Waals surface area contributed by atoms with E-state index in [4.69, 9.17) is 37.0 Å². The molecule has 0 aromatic rings. The first-order chi connectivity index (χ1) is 41.7. The Morgan fingerprint density at radius 3 is 0.686 bits per heavy atom. The second kappa shape index (κ2) is 61.9. The Hall–Kier alpha value is -1.94. The van der Waals surface area contributed by atoms with Gasteiger partial charge in [-0.1, -0.05) is 297 Å². The zero-order chi connectivity index (χ0) is 63.3. The number of rotatable bonds is 68. The molecule has 0 spiro atoms. The minimum absolute atomic E-state index is 0.106. The summed E-state index contributed by atoms with van der Waals surface area (Å²) in [5.74, 6) is -2.13. The molecule has 0 radical (unpaired) electrons. The molecule has 0 fully saturated rings. The van der Waals surface area contributed by atoms with Crippen molar-refractivity contribution in [1.82, 2.24) is 0 Å². The van der Waals surface area contributed by atoms with E-state index in [0.29, 0.717) is 25.7 Å². The Morgan fingerprint density at radius 2 is 0.465 bits per heavy atom. The van der Waals surface area contributed by atoms with Gasteiger partial charge in [0.2, 0.25) is 0 Å². The molecular formula is C67H130O17P2. The normalized spacial score (nSPS) is 14.1. The Labute approximate surface area is 524 Å². The molecule has 2 unspecified atom stereocenters. The number of aliphatic hydroxyl groups excluding tert-OH is 1. The first kappa shape index (κ1) is 84.1. The van der Waals surface area contributed by atoms with Crippen molar-refractivity contribution in [2.24, 2.45) is 0 Å². The number of phosphoric ester groups is 2. The number of unbranched alkanes of at least 4 members (excludes halogenated alkanes) is 42. The number of esters is 4. The van der Waals surface area contributed by atoms with Crippen molar-refractivity contribution < 1.29 is 80.2 Å². The highest BCUT2D eigenvalue weighted by Gasteiger charge is 2.30. The first-order valence-electron chi connectivity index (χ1n) is 35.3. The van der Waals surface area contributed by atoms with Crippen LogP contribution >= 0.6 is 15.6 Å². The van der Waals surface area contributed by atoms with Crippen LogP contribution in [0, 0.1) is 0 Å². The zero-order valence-corrected chi connectivity index (χ0v) is 57.1. The monoisotopic (exact) mass is 1270 g/mol. The molecule has 0 aromatic heterocycles. The average molecular weight is 1270 g/mol. The van der Waals surface area contributed by atoms with Gasteiger partial charge in [0.1, 0.15) is 19.3 Å². The summed E-state index contributed by atoms with van der Waals surface area (Å²) in [5.41, 5.74) is 0. The first-order valence-corrected chi connectivity index (χ1v) is 38.3. The molecule has 86 heavy (non-hydrogen) atoms. The topological polar surface area (TPSA) is 237 Å². The highest BCUT2D eigenvalue weighted by atomic mass is 31.2. The summed E-state index contributed by atoms with van der Waals surface area (Å²) in [5, 5.41) is 10.5. The van der Waals surface area contributed by atoms with Crippen molar-refractivity contribution in [3.8, 4) is 0 Å². The molecule has 0 heterocycles. The SMILES string of the molecule is CCCCCCCCCCCCCCCCCC(=O)OC[C@H](COP(=O)(O)OC[C@@H](O)COP(=O)(O)OC[C@@H](COC(=O)CCCCCCCCC)OC(=O)CCCCCCCCCCC)OC(=O)CCCCCCCCCCCCCCCCC. The summed E-state index contributed by atoms with van der Waals surface area (Å²) in [4.78, 5) is 72.2. The predicted octanol–water partition coefficient (Wildman–Crippen LogP) is 19.1. The summed E-state index contributed by atoms with van der Waals surface area (Å²) in [7, 11) is -9.88. The van der Waals surface area contributed by atoms with Crippen molar-refractivity contribution in [2.45, 2.75) is 367 Å². The Bertz CT molecular complexity index is 1650. The van der Waals surface area contributed by atoms with E-state index in [1.807, 2.05) is 0 Å². The van der Waals surface area contributed by atoms with Gasteiger partial charge in [-0.2, -0.15) is 0 Å². The lowest BCUT2D eigenvalue weighted by Gasteiger charge is -2.21. The number of carbonyl (C=O) groups excluding carboxylic acids is 4. The van der Waals surface area contributed by atoms with Crippen LogP contribution < -0.4 is 0 Å². The van der Waals surface area contributed by atoms with Crippen molar-refractivity contribution in [3.05, 3.63) is 0 Å². The van der Waals surface area contributed by atoms with E-state index in [1.165, 1.54) is 167 Å². The average Bonchev–Trinajstić information content (AvgIpc) is 3.56. The van der Waals surface area contributed by atoms with Crippen LogP contribution in [0.25, 0.3) is 0 Å². The molecule has 0 amide bonds. The summed E-state index contributed by atoms with van der Waals surface area (Å²) in [6.45, 7) is 4.87. The van der Waals surface area contributed by atoms with Crippen LogP contribution in [0.2, 0.25) is 0 Å². The van der Waals surface area contributed by atoms with Gasteiger partial charge in [0.25, 0.3) is 0 Å². The maximum Gasteiger partial charge on any atom is 0.472 e. The van der Waals surface area contributed by atoms with Gasteiger partial charge in [0.15, 0.2) is 12.2 Å². The number of aliphatic hydroxyl groups is 1.